The first-order chi connectivity index (χ1) is 6.31. The van der Waals surface area contributed by atoms with E-state index in [0.717, 1.165) is 24.3 Å². The Kier molecular flexibility index (Phi) is 2.26. The number of aromatic hydroxyl groups is 1. The molecule has 1 fully saturated rings. The molecule has 0 spiro atoms. The van der Waals surface area contributed by atoms with Crippen LogP contribution >= 0.6 is 0 Å². The van der Waals surface area contributed by atoms with Crippen LogP contribution in [0.25, 0.3) is 0 Å². The van der Waals surface area contributed by atoms with Gasteiger partial charge in [-0.05, 0) is 42.4 Å². The molecule has 1 heteroatoms. The Morgan fingerprint density at radius 1 is 1.38 bits per heavy atom. The molecule has 1 aromatic rings. The lowest BCUT2D eigenvalue weighted by Crippen LogP contribution is -1.87. The van der Waals surface area contributed by atoms with E-state index in [1.165, 1.54) is 18.4 Å². The fourth-order valence-corrected chi connectivity index (χ4v) is 1.75. The molecule has 1 aliphatic rings. The monoisotopic (exact) mass is 176 g/mol. The van der Waals surface area contributed by atoms with E-state index >= 15 is 0 Å². The Bertz CT molecular complexity index is 300. The molecule has 1 aromatic carbocycles. The molecule has 0 heterocycles. The van der Waals surface area contributed by atoms with Crippen LogP contribution in [0.4, 0.5) is 0 Å². The van der Waals surface area contributed by atoms with Crippen LogP contribution in [0.1, 0.15) is 43.2 Å². The highest BCUT2D eigenvalue weighted by Crippen LogP contribution is 2.41. The quantitative estimate of drug-likeness (QED) is 0.749. The summed E-state index contributed by atoms with van der Waals surface area (Å²) < 4.78 is 0. The normalized spacial score (nSPS) is 16.1. The number of hydrogen-bond acceptors (Lipinski definition) is 1. The Hall–Kier alpha value is -0.980. The number of benzene rings is 1. The zero-order chi connectivity index (χ0) is 9.26. The molecule has 2 rings (SSSR count). The van der Waals surface area contributed by atoms with Crippen LogP contribution in [0.2, 0.25) is 0 Å². The third kappa shape index (κ3) is 1.85. The molecule has 13 heavy (non-hydrogen) atoms. The molecule has 0 bridgehead atoms. The molecular formula is C12H16O. The topological polar surface area (TPSA) is 20.2 Å². The molecule has 0 aliphatic heterocycles. The van der Waals surface area contributed by atoms with Crippen molar-refractivity contribution in [2.24, 2.45) is 0 Å². The lowest BCUT2D eigenvalue weighted by Gasteiger charge is -2.05. The largest absolute Gasteiger partial charge is 0.508 e. The third-order valence-corrected chi connectivity index (χ3v) is 2.67. The first kappa shape index (κ1) is 8.61. The highest BCUT2D eigenvalue weighted by molar-refractivity contribution is 5.38. The van der Waals surface area contributed by atoms with Crippen LogP contribution in [-0.4, -0.2) is 5.11 Å². The Balaban J connectivity index is 2.25. The van der Waals surface area contributed by atoms with Crippen LogP contribution in [-0.2, 0) is 6.42 Å². The molecule has 0 unspecified atom stereocenters. The standard InChI is InChI=1S/C12H16O/c1-2-3-11-8-10(9-4-5-9)6-7-12(11)13/h6-9,13H,2-5H2,1H3. The lowest BCUT2D eigenvalue weighted by molar-refractivity contribution is 0.467. The zero-order valence-corrected chi connectivity index (χ0v) is 8.09. The molecule has 0 atom stereocenters. The fourth-order valence-electron chi connectivity index (χ4n) is 1.75. The summed E-state index contributed by atoms with van der Waals surface area (Å²) in [6.45, 7) is 2.14. The van der Waals surface area contributed by atoms with E-state index in [1.807, 2.05) is 6.07 Å². The summed E-state index contributed by atoms with van der Waals surface area (Å²) in [6.07, 6.45) is 4.75. The maximum Gasteiger partial charge on any atom is 0.118 e. The molecule has 0 saturated heterocycles. The number of rotatable bonds is 3. The highest BCUT2D eigenvalue weighted by Gasteiger charge is 2.23. The minimum Gasteiger partial charge on any atom is -0.508 e. The Labute approximate surface area is 79.4 Å². The minimum atomic E-state index is 0.464. The van der Waals surface area contributed by atoms with Crippen molar-refractivity contribution in [3.63, 3.8) is 0 Å². The molecular weight excluding hydrogens is 160 g/mol. The SMILES string of the molecule is CCCc1cc(C2CC2)ccc1O. The third-order valence-electron chi connectivity index (χ3n) is 2.67. The van der Waals surface area contributed by atoms with Gasteiger partial charge in [0.05, 0.1) is 0 Å². The van der Waals surface area contributed by atoms with Crippen LogP contribution in [0.3, 0.4) is 0 Å². The number of phenols is 1. The molecule has 1 N–H and O–H groups in total. The second-order valence-corrected chi connectivity index (χ2v) is 3.91. The average molecular weight is 176 g/mol. The van der Waals surface area contributed by atoms with Gasteiger partial charge in [0.1, 0.15) is 5.75 Å². The summed E-state index contributed by atoms with van der Waals surface area (Å²) in [6, 6.07) is 6.08. The Morgan fingerprint density at radius 2 is 2.15 bits per heavy atom. The van der Waals surface area contributed by atoms with Crippen LogP contribution in [0, 0.1) is 0 Å². The van der Waals surface area contributed by atoms with Crippen molar-refractivity contribution >= 4 is 0 Å². The smallest absolute Gasteiger partial charge is 0.118 e. The van der Waals surface area contributed by atoms with E-state index in [0.29, 0.717) is 5.75 Å². The fraction of sp³-hybridized carbons (Fsp3) is 0.500. The van der Waals surface area contributed by atoms with Crippen molar-refractivity contribution in [3.05, 3.63) is 29.3 Å². The van der Waals surface area contributed by atoms with E-state index in [9.17, 15) is 5.11 Å². The van der Waals surface area contributed by atoms with Gasteiger partial charge in [0.2, 0.25) is 0 Å². The summed E-state index contributed by atoms with van der Waals surface area (Å²) in [7, 11) is 0. The van der Waals surface area contributed by atoms with Gasteiger partial charge in [-0.15, -0.1) is 0 Å². The first-order valence-electron chi connectivity index (χ1n) is 5.13. The van der Waals surface area contributed by atoms with E-state index in [1.54, 1.807) is 0 Å². The average Bonchev–Trinajstić information content (AvgIpc) is 2.92. The maximum atomic E-state index is 9.57. The zero-order valence-electron chi connectivity index (χ0n) is 8.09. The summed E-state index contributed by atoms with van der Waals surface area (Å²) in [4.78, 5) is 0. The van der Waals surface area contributed by atoms with Gasteiger partial charge in [-0.1, -0.05) is 25.5 Å². The van der Waals surface area contributed by atoms with Crippen LogP contribution < -0.4 is 0 Å². The highest BCUT2D eigenvalue weighted by atomic mass is 16.3. The minimum absolute atomic E-state index is 0.464. The van der Waals surface area contributed by atoms with Crippen LogP contribution in [0.5, 0.6) is 5.75 Å². The molecule has 0 amide bonds. The second kappa shape index (κ2) is 3.41. The van der Waals surface area contributed by atoms with E-state index in [2.05, 4.69) is 19.1 Å². The van der Waals surface area contributed by atoms with Crippen molar-refractivity contribution in [1.82, 2.24) is 0 Å². The maximum absolute atomic E-state index is 9.57. The summed E-state index contributed by atoms with van der Waals surface area (Å²) >= 11 is 0. The van der Waals surface area contributed by atoms with Gasteiger partial charge in [0, 0.05) is 0 Å². The first-order valence-corrected chi connectivity index (χ1v) is 5.13. The number of phenolic OH excluding ortho intramolecular Hbond substituents is 1. The van der Waals surface area contributed by atoms with E-state index in [-0.39, 0.29) is 0 Å². The predicted molar refractivity (Wildman–Crippen MR) is 54.1 cm³/mol. The van der Waals surface area contributed by atoms with Crippen molar-refractivity contribution in [3.8, 4) is 5.75 Å². The van der Waals surface area contributed by atoms with Crippen molar-refractivity contribution in [1.29, 1.82) is 0 Å². The van der Waals surface area contributed by atoms with Gasteiger partial charge < -0.3 is 5.11 Å². The van der Waals surface area contributed by atoms with E-state index in [4.69, 9.17) is 0 Å². The molecule has 0 aromatic heterocycles. The lowest BCUT2D eigenvalue weighted by atomic mass is 10.0. The number of aryl methyl sites for hydroxylation is 1. The summed E-state index contributed by atoms with van der Waals surface area (Å²) in [5.74, 6) is 1.25. The molecule has 1 aliphatic carbocycles. The van der Waals surface area contributed by atoms with Gasteiger partial charge in [0.15, 0.2) is 0 Å². The van der Waals surface area contributed by atoms with Crippen molar-refractivity contribution in [2.45, 2.75) is 38.5 Å². The second-order valence-electron chi connectivity index (χ2n) is 3.91. The van der Waals surface area contributed by atoms with Gasteiger partial charge in [0.25, 0.3) is 0 Å². The van der Waals surface area contributed by atoms with Crippen molar-refractivity contribution in [2.75, 3.05) is 0 Å². The van der Waals surface area contributed by atoms with Gasteiger partial charge >= 0.3 is 0 Å². The molecule has 0 radical (unpaired) electrons. The molecule has 1 nitrogen and oxygen atoms in total. The van der Waals surface area contributed by atoms with E-state index < -0.39 is 0 Å². The number of hydrogen-bond donors (Lipinski definition) is 1. The van der Waals surface area contributed by atoms with Crippen molar-refractivity contribution < 1.29 is 5.11 Å². The summed E-state index contributed by atoms with van der Waals surface area (Å²) in [5.41, 5.74) is 2.54. The van der Waals surface area contributed by atoms with Gasteiger partial charge in [-0.25, -0.2) is 0 Å². The molecule has 1 saturated carbocycles. The van der Waals surface area contributed by atoms with Gasteiger partial charge in [-0.2, -0.15) is 0 Å². The predicted octanol–water partition coefficient (Wildman–Crippen LogP) is 3.22. The Morgan fingerprint density at radius 3 is 2.77 bits per heavy atom. The summed E-state index contributed by atoms with van der Waals surface area (Å²) in [5, 5.41) is 9.57. The molecule has 70 valence electrons. The van der Waals surface area contributed by atoms with Crippen LogP contribution in [0.15, 0.2) is 18.2 Å². The van der Waals surface area contributed by atoms with Gasteiger partial charge in [-0.3, -0.25) is 0 Å².